The van der Waals surface area contributed by atoms with Crippen LogP contribution in [-0.4, -0.2) is 40.1 Å². The van der Waals surface area contributed by atoms with Gasteiger partial charge in [-0.2, -0.15) is 5.10 Å². The van der Waals surface area contributed by atoms with Crippen molar-refractivity contribution in [1.82, 2.24) is 15.1 Å². The molecule has 0 unspecified atom stereocenters. The zero-order valence-corrected chi connectivity index (χ0v) is 19.4. The fourth-order valence-corrected chi connectivity index (χ4v) is 4.24. The number of amides is 1. The van der Waals surface area contributed by atoms with Crippen LogP contribution in [0.3, 0.4) is 0 Å². The van der Waals surface area contributed by atoms with Crippen LogP contribution in [0.25, 0.3) is 22.0 Å². The van der Waals surface area contributed by atoms with Crippen LogP contribution in [0.5, 0.6) is 0 Å². The highest BCUT2D eigenvalue weighted by Gasteiger charge is 2.30. The molecule has 3 aromatic rings. The molecule has 1 amide bonds. The van der Waals surface area contributed by atoms with E-state index in [1.54, 1.807) is 0 Å². The van der Waals surface area contributed by atoms with Crippen molar-refractivity contribution in [2.45, 2.75) is 38.6 Å². The first-order valence-corrected chi connectivity index (χ1v) is 10.9. The lowest BCUT2D eigenvalue weighted by Gasteiger charge is -2.34. The van der Waals surface area contributed by atoms with Crippen molar-refractivity contribution >= 4 is 40.7 Å². The number of hydrogen-bond donors (Lipinski definition) is 1. The third-order valence-corrected chi connectivity index (χ3v) is 6.28. The summed E-state index contributed by atoms with van der Waals surface area (Å²) in [7, 11) is 0. The van der Waals surface area contributed by atoms with Crippen molar-refractivity contribution in [2.24, 2.45) is 11.7 Å². The Hall–Kier alpha value is -2.21. The zero-order chi connectivity index (χ0) is 21.3. The first-order valence-electron chi connectivity index (χ1n) is 10.5. The summed E-state index contributed by atoms with van der Waals surface area (Å²) in [6.45, 7) is 5.39. The summed E-state index contributed by atoms with van der Waals surface area (Å²) in [6, 6.07) is 15.5. The standard InChI is InChI=1S/C24H27ClN4O.ClH/c1-15(2)21(26)24(30)29-13-11-17(12-14-29)23-20-6-4-3-5-19(20)22(27-28-23)16-7-9-18(25)10-8-16;/h3-10,15,17,21H,11-14,26H2,1-2H3;1H/t21-;/m0./s1. The number of aromatic nitrogens is 2. The van der Waals surface area contributed by atoms with Gasteiger partial charge in [0.1, 0.15) is 5.69 Å². The quantitative estimate of drug-likeness (QED) is 0.592. The number of fused-ring (bicyclic) bond motifs is 1. The minimum absolute atomic E-state index is 0. The number of nitrogens with zero attached hydrogens (tertiary/aromatic N) is 3. The van der Waals surface area contributed by atoms with Crippen molar-refractivity contribution in [3.05, 3.63) is 59.2 Å². The Morgan fingerprint density at radius 2 is 1.65 bits per heavy atom. The highest BCUT2D eigenvalue weighted by molar-refractivity contribution is 6.30. The number of halogens is 2. The fourth-order valence-electron chi connectivity index (χ4n) is 4.12. The van der Waals surface area contributed by atoms with Gasteiger partial charge < -0.3 is 10.6 Å². The maximum atomic E-state index is 12.6. The van der Waals surface area contributed by atoms with E-state index in [4.69, 9.17) is 17.3 Å². The van der Waals surface area contributed by atoms with Crippen LogP contribution in [0.2, 0.25) is 5.02 Å². The van der Waals surface area contributed by atoms with Gasteiger partial charge in [-0.25, -0.2) is 0 Å². The Labute approximate surface area is 194 Å². The SMILES string of the molecule is CC(C)[C@H](N)C(=O)N1CCC(c2nnc(-c3ccc(Cl)cc3)c3ccccc23)CC1.Cl. The van der Waals surface area contributed by atoms with Crippen LogP contribution in [0.4, 0.5) is 0 Å². The van der Waals surface area contributed by atoms with Gasteiger partial charge in [-0.3, -0.25) is 4.79 Å². The van der Waals surface area contributed by atoms with E-state index < -0.39 is 6.04 Å². The second kappa shape index (κ2) is 9.94. The van der Waals surface area contributed by atoms with Gasteiger partial charge in [0, 0.05) is 40.4 Å². The number of carbonyl (C=O) groups is 1. The summed E-state index contributed by atoms with van der Waals surface area (Å²) in [6.07, 6.45) is 1.74. The molecule has 0 aliphatic carbocycles. The highest BCUT2D eigenvalue weighted by atomic mass is 35.5. The molecule has 1 aromatic heterocycles. The Balaban J connectivity index is 0.00000272. The molecular weight excluding hydrogens is 431 g/mol. The molecule has 4 rings (SSSR count). The lowest BCUT2D eigenvalue weighted by Crippen LogP contribution is -2.49. The van der Waals surface area contributed by atoms with Gasteiger partial charge in [-0.1, -0.05) is 61.8 Å². The summed E-state index contributed by atoms with van der Waals surface area (Å²) < 4.78 is 0. The van der Waals surface area contributed by atoms with Gasteiger partial charge in [0.15, 0.2) is 0 Å². The molecule has 1 saturated heterocycles. The Kier molecular flexibility index (Phi) is 7.52. The Morgan fingerprint density at radius 1 is 1.03 bits per heavy atom. The topological polar surface area (TPSA) is 72.1 Å². The molecule has 2 heterocycles. The summed E-state index contributed by atoms with van der Waals surface area (Å²) >= 11 is 6.04. The predicted molar refractivity (Wildman–Crippen MR) is 129 cm³/mol. The van der Waals surface area contributed by atoms with E-state index in [1.807, 2.05) is 55.1 Å². The Morgan fingerprint density at radius 3 is 2.26 bits per heavy atom. The van der Waals surface area contributed by atoms with E-state index in [9.17, 15) is 4.79 Å². The molecule has 0 spiro atoms. The highest BCUT2D eigenvalue weighted by Crippen LogP contribution is 2.35. The molecule has 31 heavy (non-hydrogen) atoms. The van der Waals surface area contributed by atoms with E-state index in [0.29, 0.717) is 18.1 Å². The smallest absolute Gasteiger partial charge is 0.239 e. The van der Waals surface area contributed by atoms with Gasteiger partial charge >= 0.3 is 0 Å². The van der Waals surface area contributed by atoms with Crippen molar-refractivity contribution in [2.75, 3.05) is 13.1 Å². The number of benzene rings is 2. The van der Waals surface area contributed by atoms with Crippen molar-refractivity contribution in [1.29, 1.82) is 0 Å². The van der Waals surface area contributed by atoms with Crippen LogP contribution in [0, 0.1) is 5.92 Å². The van der Waals surface area contributed by atoms with Gasteiger partial charge in [0.25, 0.3) is 0 Å². The average molecular weight is 459 g/mol. The normalized spacial score (nSPS) is 15.7. The predicted octanol–water partition coefficient (Wildman–Crippen LogP) is 5.06. The third-order valence-electron chi connectivity index (χ3n) is 6.03. The second-order valence-electron chi connectivity index (χ2n) is 8.36. The van der Waals surface area contributed by atoms with Crippen molar-refractivity contribution < 1.29 is 4.79 Å². The van der Waals surface area contributed by atoms with Gasteiger partial charge in [-0.05, 0) is 30.9 Å². The summed E-state index contributed by atoms with van der Waals surface area (Å²) in [4.78, 5) is 14.5. The van der Waals surface area contributed by atoms with Crippen LogP contribution in [0.1, 0.15) is 38.3 Å². The summed E-state index contributed by atoms with van der Waals surface area (Å²) in [5.74, 6) is 0.476. The first-order chi connectivity index (χ1) is 14.5. The molecule has 0 bridgehead atoms. The van der Waals surface area contributed by atoms with Crippen LogP contribution < -0.4 is 5.73 Å². The number of hydrogen-bond acceptors (Lipinski definition) is 4. The molecule has 164 valence electrons. The van der Waals surface area contributed by atoms with Crippen LogP contribution in [0.15, 0.2) is 48.5 Å². The molecule has 0 saturated carbocycles. The largest absolute Gasteiger partial charge is 0.341 e. The number of piperidine rings is 1. The minimum Gasteiger partial charge on any atom is -0.341 e. The molecule has 2 N–H and O–H groups in total. The Bertz CT molecular complexity index is 1050. The fraction of sp³-hybridized carbons (Fsp3) is 0.375. The number of carbonyl (C=O) groups excluding carboxylic acids is 1. The lowest BCUT2D eigenvalue weighted by atomic mass is 9.89. The van der Waals surface area contributed by atoms with E-state index in [1.165, 1.54) is 0 Å². The molecule has 1 aliphatic rings. The van der Waals surface area contributed by atoms with Gasteiger partial charge in [0.05, 0.1) is 11.7 Å². The summed E-state index contributed by atoms with van der Waals surface area (Å²) in [5, 5.41) is 12.2. The van der Waals surface area contributed by atoms with Gasteiger partial charge in [-0.15, -0.1) is 17.5 Å². The maximum absolute atomic E-state index is 12.6. The molecule has 7 heteroatoms. The van der Waals surface area contributed by atoms with Crippen molar-refractivity contribution in [3.63, 3.8) is 0 Å². The van der Waals surface area contributed by atoms with Crippen molar-refractivity contribution in [3.8, 4) is 11.3 Å². The molecule has 1 atom stereocenters. The third kappa shape index (κ3) is 4.84. The van der Waals surface area contributed by atoms with Crippen LogP contribution in [-0.2, 0) is 4.79 Å². The van der Waals surface area contributed by atoms with E-state index in [0.717, 1.165) is 40.6 Å². The van der Waals surface area contributed by atoms with E-state index in [2.05, 4.69) is 22.3 Å². The monoisotopic (exact) mass is 458 g/mol. The molecule has 0 radical (unpaired) electrons. The average Bonchev–Trinajstić information content (AvgIpc) is 2.78. The summed E-state index contributed by atoms with van der Waals surface area (Å²) in [5.41, 5.74) is 8.95. The molecule has 5 nitrogen and oxygen atoms in total. The number of nitrogens with two attached hydrogens (primary N) is 1. The first kappa shape index (κ1) is 23.5. The van der Waals surface area contributed by atoms with E-state index in [-0.39, 0.29) is 30.2 Å². The molecule has 1 aliphatic heterocycles. The second-order valence-corrected chi connectivity index (χ2v) is 8.79. The van der Waals surface area contributed by atoms with Gasteiger partial charge in [0.2, 0.25) is 5.91 Å². The molecular formula is C24H28Cl2N4O. The minimum atomic E-state index is -0.430. The lowest BCUT2D eigenvalue weighted by molar-refractivity contribution is -0.134. The zero-order valence-electron chi connectivity index (χ0n) is 17.8. The molecule has 1 fully saturated rings. The number of likely N-dealkylation sites (tertiary alicyclic amines) is 1. The van der Waals surface area contributed by atoms with E-state index >= 15 is 0 Å². The van der Waals surface area contributed by atoms with Crippen LogP contribution >= 0.6 is 24.0 Å². The number of rotatable bonds is 4. The molecule has 2 aromatic carbocycles. The maximum Gasteiger partial charge on any atom is 0.239 e.